The van der Waals surface area contributed by atoms with E-state index in [1.54, 1.807) is 0 Å². The third kappa shape index (κ3) is 6.35. The summed E-state index contributed by atoms with van der Waals surface area (Å²) in [6.45, 7) is 6.78. The number of nitrogens with zero attached hydrogens (tertiary/aromatic N) is 4. The van der Waals surface area contributed by atoms with Gasteiger partial charge in [0.05, 0.1) is 6.61 Å². The monoisotopic (exact) mass is 621 g/mol. The highest BCUT2D eigenvalue weighted by molar-refractivity contribution is 5.81. The van der Waals surface area contributed by atoms with Crippen LogP contribution in [0.25, 0.3) is 22.5 Å². The standard InChI is InChI=1S/C40H39N5O2/c1-4-47-39(46)37(29(2)3)41-28-30-24-26-31(27-25-30)35-22-14-15-23-36(35)38-42-43-44-45(38)40(32-16-8-5-9-17-32,33-18-10-6-11-19-33)34-20-12-7-13-21-34/h5-27,29,37,41H,4,28H2,1-3H3/t37-/m1/s1. The number of ether oxygens (including phenoxy) is 1. The molecule has 0 spiro atoms. The molecular formula is C40H39N5O2. The van der Waals surface area contributed by atoms with E-state index >= 15 is 0 Å². The summed E-state index contributed by atoms with van der Waals surface area (Å²) in [4.78, 5) is 12.5. The molecule has 1 aromatic heterocycles. The first-order valence-corrected chi connectivity index (χ1v) is 16.1. The van der Waals surface area contributed by atoms with Crippen molar-refractivity contribution in [1.29, 1.82) is 0 Å². The van der Waals surface area contributed by atoms with Crippen molar-refractivity contribution in [3.8, 4) is 22.5 Å². The van der Waals surface area contributed by atoms with Crippen LogP contribution in [-0.2, 0) is 21.6 Å². The van der Waals surface area contributed by atoms with E-state index in [-0.39, 0.29) is 17.9 Å². The molecule has 5 aromatic carbocycles. The zero-order valence-corrected chi connectivity index (χ0v) is 27.0. The molecule has 0 saturated heterocycles. The molecule has 0 aliphatic rings. The van der Waals surface area contributed by atoms with Gasteiger partial charge in [0, 0.05) is 12.1 Å². The number of aromatic nitrogens is 4. The Bertz CT molecular complexity index is 1790. The quantitative estimate of drug-likeness (QED) is 0.112. The van der Waals surface area contributed by atoms with Gasteiger partial charge in [-0.15, -0.1) is 5.10 Å². The summed E-state index contributed by atoms with van der Waals surface area (Å²) in [7, 11) is 0. The summed E-state index contributed by atoms with van der Waals surface area (Å²) >= 11 is 0. The van der Waals surface area contributed by atoms with Crippen molar-refractivity contribution in [3.63, 3.8) is 0 Å². The lowest BCUT2D eigenvalue weighted by molar-refractivity contribution is -0.146. The summed E-state index contributed by atoms with van der Waals surface area (Å²) in [5.74, 6) is 0.543. The Labute approximate surface area is 276 Å². The highest BCUT2D eigenvalue weighted by Crippen LogP contribution is 2.43. The maximum absolute atomic E-state index is 12.5. The number of hydrogen-bond donors (Lipinski definition) is 1. The Morgan fingerprint density at radius 3 is 1.74 bits per heavy atom. The fourth-order valence-corrected chi connectivity index (χ4v) is 6.27. The van der Waals surface area contributed by atoms with Gasteiger partial charge in [-0.25, -0.2) is 4.68 Å². The minimum Gasteiger partial charge on any atom is -0.465 e. The summed E-state index contributed by atoms with van der Waals surface area (Å²) < 4.78 is 7.24. The predicted molar refractivity (Wildman–Crippen MR) is 185 cm³/mol. The molecule has 6 aromatic rings. The third-order valence-electron chi connectivity index (χ3n) is 8.53. The molecule has 1 heterocycles. The number of rotatable bonds is 12. The van der Waals surface area contributed by atoms with E-state index in [2.05, 4.69) is 125 Å². The van der Waals surface area contributed by atoms with Crippen LogP contribution in [0.15, 0.2) is 140 Å². The summed E-state index contributed by atoms with van der Waals surface area (Å²) in [5.41, 5.74) is 6.32. The number of carbonyl (C=O) groups is 1. The second kappa shape index (κ2) is 14.4. The van der Waals surface area contributed by atoms with E-state index < -0.39 is 5.54 Å². The predicted octanol–water partition coefficient (Wildman–Crippen LogP) is 7.52. The Morgan fingerprint density at radius 2 is 1.23 bits per heavy atom. The molecule has 1 N–H and O–H groups in total. The highest BCUT2D eigenvalue weighted by Gasteiger charge is 2.42. The van der Waals surface area contributed by atoms with Gasteiger partial charge < -0.3 is 10.1 Å². The van der Waals surface area contributed by atoms with Gasteiger partial charge in [-0.1, -0.05) is 153 Å². The third-order valence-corrected chi connectivity index (χ3v) is 8.53. The van der Waals surface area contributed by atoms with Crippen LogP contribution in [0, 0.1) is 5.92 Å². The normalized spacial score (nSPS) is 12.2. The van der Waals surface area contributed by atoms with E-state index in [4.69, 9.17) is 9.95 Å². The number of nitrogens with one attached hydrogen (secondary N) is 1. The van der Waals surface area contributed by atoms with Crippen molar-refractivity contribution in [3.05, 3.63) is 162 Å². The number of tetrazole rings is 1. The summed E-state index contributed by atoms with van der Waals surface area (Å²) in [5, 5.41) is 17.1. The maximum Gasteiger partial charge on any atom is 0.323 e. The molecule has 0 aliphatic heterocycles. The molecular weight excluding hydrogens is 582 g/mol. The lowest BCUT2D eigenvalue weighted by Gasteiger charge is -2.36. The Kier molecular flexibility index (Phi) is 9.64. The number of benzene rings is 5. The van der Waals surface area contributed by atoms with Gasteiger partial charge in [-0.2, -0.15) is 0 Å². The number of carbonyl (C=O) groups excluding carboxylic acids is 1. The molecule has 0 fully saturated rings. The largest absolute Gasteiger partial charge is 0.465 e. The number of hydrogen-bond acceptors (Lipinski definition) is 6. The van der Waals surface area contributed by atoms with Crippen molar-refractivity contribution in [2.24, 2.45) is 5.92 Å². The summed E-state index contributed by atoms with van der Waals surface area (Å²) in [6.07, 6.45) is 0. The van der Waals surface area contributed by atoms with E-state index in [1.807, 2.05) is 55.8 Å². The molecule has 7 nitrogen and oxygen atoms in total. The van der Waals surface area contributed by atoms with Crippen LogP contribution in [0.3, 0.4) is 0 Å². The van der Waals surface area contributed by atoms with Crippen LogP contribution in [0.1, 0.15) is 43.0 Å². The summed E-state index contributed by atoms with van der Waals surface area (Å²) in [6, 6.07) is 47.5. The lowest BCUT2D eigenvalue weighted by Crippen LogP contribution is -2.41. The highest BCUT2D eigenvalue weighted by atomic mass is 16.5. The van der Waals surface area contributed by atoms with Crippen molar-refractivity contribution in [2.75, 3.05) is 6.61 Å². The molecule has 47 heavy (non-hydrogen) atoms. The second-order valence-corrected chi connectivity index (χ2v) is 11.8. The van der Waals surface area contributed by atoms with Gasteiger partial charge >= 0.3 is 5.97 Å². The van der Waals surface area contributed by atoms with Crippen molar-refractivity contribution < 1.29 is 9.53 Å². The van der Waals surface area contributed by atoms with E-state index in [9.17, 15) is 4.79 Å². The number of esters is 1. The van der Waals surface area contributed by atoms with Crippen molar-refractivity contribution >= 4 is 5.97 Å². The van der Waals surface area contributed by atoms with Crippen molar-refractivity contribution in [2.45, 2.75) is 38.9 Å². The SMILES string of the molecule is CCOC(=O)[C@H](NCc1ccc(-c2ccccc2-c2nnnn2C(c2ccccc2)(c2ccccc2)c2ccccc2)cc1)C(C)C. The van der Waals surface area contributed by atoms with Crippen LogP contribution in [0.5, 0.6) is 0 Å². The van der Waals surface area contributed by atoms with Crippen LogP contribution in [0.4, 0.5) is 0 Å². The fourth-order valence-electron chi connectivity index (χ4n) is 6.27. The first kappa shape index (κ1) is 31.6. The Balaban J connectivity index is 1.43. The average Bonchev–Trinajstić information content (AvgIpc) is 3.60. The zero-order valence-electron chi connectivity index (χ0n) is 27.0. The average molecular weight is 622 g/mol. The zero-order chi connectivity index (χ0) is 32.6. The Morgan fingerprint density at radius 1 is 0.723 bits per heavy atom. The molecule has 1 atom stereocenters. The molecule has 236 valence electrons. The first-order chi connectivity index (χ1) is 23.0. The van der Waals surface area contributed by atoms with Gasteiger partial charge in [0.1, 0.15) is 11.6 Å². The van der Waals surface area contributed by atoms with Crippen LogP contribution in [-0.4, -0.2) is 38.8 Å². The van der Waals surface area contributed by atoms with Crippen molar-refractivity contribution in [1.82, 2.24) is 25.5 Å². The lowest BCUT2D eigenvalue weighted by atomic mass is 9.77. The van der Waals surface area contributed by atoms with Crippen LogP contribution < -0.4 is 5.32 Å². The second-order valence-electron chi connectivity index (χ2n) is 11.8. The van der Waals surface area contributed by atoms with Gasteiger partial charge in [0.25, 0.3) is 0 Å². The van der Waals surface area contributed by atoms with Gasteiger partial charge in [0.15, 0.2) is 5.82 Å². The molecule has 0 radical (unpaired) electrons. The molecule has 0 bridgehead atoms. The Hall–Kier alpha value is -5.40. The van der Waals surface area contributed by atoms with Crippen LogP contribution in [0.2, 0.25) is 0 Å². The van der Waals surface area contributed by atoms with Gasteiger partial charge in [-0.3, -0.25) is 4.79 Å². The minimum atomic E-state index is -0.850. The first-order valence-electron chi connectivity index (χ1n) is 16.1. The molecule has 0 unspecified atom stereocenters. The minimum absolute atomic E-state index is 0.112. The molecule has 0 aliphatic carbocycles. The van der Waals surface area contributed by atoms with Crippen LogP contribution >= 0.6 is 0 Å². The van der Waals surface area contributed by atoms with E-state index in [0.717, 1.165) is 38.9 Å². The maximum atomic E-state index is 12.5. The molecule has 0 amide bonds. The topological polar surface area (TPSA) is 81.9 Å². The fraction of sp³-hybridized carbons (Fsp3) is 0.200. The van der Waals surface area contributed by atoms with E-state index in [1.165, 1.54) is 0 Å². The molecule has 0 saturated carbocycles. The smallest absolute Gasteiger partial charge is 0.323 e. The van der Waals surface area contributed by atoms with Gasteiger partial charge in [0.2, 0.25) is 0 Å². The van der Waals surface area contributed by atoms with E-state index in [0.29, 0.717) is 19.0 Å². The molecule has 6 rings (SSSR count). The van der Waals surface area contributed by atoms with Gasteiger partial charge in [-0.05, 0) is 56.6 Å². The molecule has 7 heteroatoms.